The Labute approximate surface area is 101 Å². The summed E-state index contributed by atoms with van der Waals surface area (Å²) in [4.78, 5) is 22.1. The van der Waals surface area contributed by atoms with Crippen LogP contribution in [0.2, 0.25) is 0 Å². The van der Waals surface area contributed by atoms with Gasteiger partial charge in [0.15, 0.2) is 0 Å². The summed E-state index contributed by atoms with van der Waals surface area (Å²) in [5.41, 5.74) is 5.84. The molecule has 1 rings (SSSR count). The summed E-state index contributed by atoms with van der Waals surface area (Å²) >= 11 is 0. The van der Waals surface area contributed by atoms with Gasteiger partial charge < -0.3 is 15.8 Å². The molecule has 0 aromatic carbocycles. The third kappa shape index (κ3) is 4.81. The molecule has 6 heteroatoms. The third-order valence-electron chi connectivity index (χ3n) is 2.82. The van der Waals surface area contributed by atoms with Crippen LogP contribution >= 0.6 is 12.4 Å². The zero-order valence-corrected chi connectivity index (χ0v) is 10.2. The van der Waals surface area contributed by atoms with Crippen molar-refractivity contribution in [2.24, 2.45) is 11.7 Å². The first-order chi connectivity index (χ1) is 7.13. The van der Waals surface area contributed by atoms with Gasteiger partial charge in [-0.3, -0.25) is 9.59 Å². The number of carbonyl (C=O) groups excluding carboxylic acids is 2. The van der Waals surface area contributed by atoms with Crippen LogP contribution in [0.25, 0.3) is 0 Å². The number of hydrogen-bond acceptors (Lipinski definition) is 4. The van der Waals surface area contributed by atoms with Crippen molar-refractivity contribution in [3.63, 3.8) is 0 Å². The van der Waals surface area contributed by atoms with Crippen molar-refractivity contribution in [3.05, 3.63) is 0 Å². The minimum atomic E-state index is -0.431. The Bertz CT molecular complexity index is 248. The Morgan fingerprint density at radius 3 is 2.62 bits per heavy atom. The predicted molar refractivity (Wildman–Crippen MR) is 62.2 cm³/mol. The van der Waals surface area contributed by atoms with Crippen molar-refractivity contribution in [3.8, 4) is 0 Å². The van der Waals surface area contributed by atoms with Crippen LogP contribution in [0.3, 0.4) is 0 Å². The number of ether oxygens (including phenoxy) is 1. The molecule has 1 aliphatic rings. The van der Waals surface area contributed by atoms with Crippen LogP contribution in [0.5, 0.6) is 0 Å². The molecule has 0 unspecified atom stereocenters. The molecule has 0 spiro atoms. The van der Waals surface area contributed by atoms with E-state index in [9.17, 15) is 9.59 Å². The maximum absolute atomic E-state index is 11.4. The van der Waals surface area contributed by atoms with Crippen molar-refractivity contribution in [2.75, 3.05) is 13.7 Å². The van der Waals surface area contributed by atoms with Gasteiger partial charge in [-0.05, 0) is 18.8 Å². The first kappa shape index (κ1) is 15.2. The highest BCUT2D eigenvalue weighted by Gasteiger charge is 2.25. The van der Waals surface area contributed by atoms with E-state index in [4.69, 9.17) is 5.73 Å². The molecule has 1 aliphatic carbocycles. The van der Waals surface area contributed by atoms with Gasteiger partial charge in [-0.1, -0.05) is 6.42 Å². The molecule has 1 saturated carbocycles. The van der Waals surface area contributed by atoms with Crippen LogP contribution < -0.4 is 11.1 Å². The zero-order valence-electron chi connectivity index (χ0n) is 9.40. The van der Waals surface area contributed by atoms with E-state index in [-0.39, 0.29) is 36.8 Å². The normalized spacial score (nSPS) is 23.4. The first-order valence-electron chi connectivity index (χ1n) is 5.22. The minimum Gasteiger partial charge on any atom is -0.468 e. The maximum atomic E-state index is 11.4. The van der Waals surface area contributed by atoms with E-state index in [1.807, 2.05) is 0 Å². The summed E-state index contributed by atoms with van der Waals surface area (Å²) in [6.45, 7) is -0.0582. The molecule has 3 N–H and O–H groups in total. The second kappa shape index (κ2) is 7.46. The Hall–Kier alpha value is -0.810. The monoisotopic (exact) mass is 250 g/mol. The van der Waals surface area contributed by atoms with Crippen molar-refractivity contribution < 1.29 is 14.3 Å². The second-order valence-electron chi connectivity index (χ2n) is 3.91. The van der Waals surface area contributed by atoms with Crippen LogP contribution in [0, 0.1) is 5.92 Å². The van der Waals surface area contributed by atoms with Gasteiger partial charge in [0.1, 0.15) is 6.54 Å². The maximum Gasteiger partial charge on any atom is 0.325 e. The Kier molecular flexibility index (Phi) is 7.08. The van der Waals surface area contributed by atoms with Gasteiger partial charge in [0.05, 0.1) is 7.11 Å². The summed E-state index contributed by atoms with van der Waals surface area (Å²) in [6, 6.07) is 0.133. The lowest BCUT2D eigenvalue weighted by Gasteiger charge is -2.14. The van der Waals surface area contributed by atoms with E-state index in [1.165, 1.54) is 7.11 Å². The molecule has 0 radical (unpaired) electrons. The fourth-order valence-electron chi connectivity index (χ4n) is 1.87. The summed E-state index contributed by atoms with van der Waals surface area (Å²) in [5, 5.41) is 2.51. The van der Waals surface area contributed by atoms with Crippen molar-refractivity contribution in [2.45, 2.75) is 31.7 Å². The molecule has 5 nitrogen and oxygen atoms in total. The number of nitrogens with one attached hydrogen (secondary N) is 1. The Morgan fingerprint density at radius 1 is 1.44 bits per heavy atom. The van der Waals surface area contributed by atoms with Gasteiger partial charge in [0, 0.05) is 12.5 Å². The van der Waals surface area contributed by atoms with Gasteiger partial charge in [0.25, 0.3) is 0 Å². The minimum absolute atomic E-state index is 0. The fraction of sp³-hybridized carbons (Fsp3) is 0.800. The van der Waals surface area contributed by atoms with Crippen LogP contribution in [0.1, 0.15) is 25.7 Å². The van der Waals surface area contributed by atoms with E-state index < -0.39 is 5.97 Å². The third-order valence-corrected chi connectivity index (χ3v) is 2.82. The largest absolute Gasteiger partial charge is 0.468 e. The quantitative estimate of drug-likeness (QED) is 0.699. The summed E-state index contributed by atoms with van der Waals surface area (Å²) < 4.78 is 4.41. The summed E-state index contributed by atoms with van der Waals surface area (Å²) in [7, 11) is 1.29. The number of hydrogen-bond donors (Lipinski definition) is 2. The molecule has 0 saturated heterocycles. The fourth-order valence-corrected chi connectivity index (χ4v) is 1.87. The van der Waals surface area contributed by atoms with Crippen LogP contribution in [-0.4, -0.2) is 31.6 Å². The highest BCUT2D eigenvalue weighted by molar-refractivity contribution is 5.85. The summed E-state index contributed by atoms with van der Waals surface area (Å²) in [5.74, 6) is -0.288. The number of carbonyl (C=O) groups is 2. The van der Waals surface area contributed by atoms with Gasteiger partial charge in [-0.2, -0.15) is 0 Å². The molecule has 0 aliphatic heterocycles. The Morgan fingerprint density at radius 2 is 2.12 bits per heavy atom. The van der Waals surface area contributed by atoms with E-state index >= 15 is 0 Å². The molecule has 0 heterocycles. The number of methoxy groups -OCH3 is 1. The second-order valence-corrected chi connectivity index (χ2v) is 3.91. The van der Waals surface area contributed by atoms with E-state index in [1.54, 1.807) is 0 Å². The van der Waals surface area contributed by atoms with Crippen molar-refractivity contribution >= 4 is 24.3 Å². The first-order valence-corrected chi connectivity index (χ1v) is 5.22. The smallest absolute Gasteiger partial charge is 0.325 e. The molecule has 0 bridgehead atoms. The number of amides is 1. The molecular formula is C10H19ClN2O3. The lowest BCUT2D eigenvalue weighted by atomic mass is 10.00. The number of esters is 1. The number of nitrogens with two attached hydrogens (primary N) is 1. The van der Waals surface area contributed by atoms with Gasteiger partial charge in [-0.25, -0.2) is 0 Å². The lowest BCUT2D eigenvalue weighted by molar-refractivity contribution is -0.141. The SMILES string of the molecule is COC(=O)CNC(=O)C[C@@H]1CCC[C@H]1N.Cl. The standard InChI is InChI=1S/C10H18N2O3.ClH/c1-15-10(14)6-12-9(13)5-7-3-2-4-8(7)11;/h7-8H,2-6,11H2,1H3,(H,12,13);1H/t7-,8+;/m0./s1. The predicted octanol–water partition coefficient (Wildman–Crippen LogP) is 0.215. The molecule has 1 amide bonds. The topological polar surface area (TPSA) is 81.4 Å². The highest BCUT2D eigenvalue weighted by Crippen LogP contribution is 2.26. The molecule has 0 aromatic heterocycles. The molecule has 1 fully saturated rings. The summed E-state index contributed by atoms with van der Waals surface area (Å²) in [6.07, 6.45) is 3.51. The van der Waals surface area contributed by atoms with Gasteiger partial charge in [0.2, 0.25) is 5.91 Å². The van der Waals surface area contributed by atoms with Crippen LogP contribution in [0.4, 0.5) is 0 Å². The molecule has 2 atom stereocenters. The van der Waals surface area contributed by atoms with Crippen molar-refractivity contribution in [1.29, 1.82) is 0 Å². The van der Waals surface area contributed by atoms with Gasteiger partial charge in [-0.15, -0.1) is 12.4 Å². The van der Waals surface area contributed by atoms with Gasteiger partial charge >= 0.3 is 5.97 Å². The lowest BCUT2D eigenvalue weighted by Crippen LogP contribution is -2.34. The molecular weight excluding hydrogens is 232 g/mol. The average molecular weight is 251 g/mol. The van der Waals surface area contributed by atoms with E-state index in [0.717, 1.165) is 19.3 Å². The Balaban J connectivity index is 0.00000225. The van der Waals surface area contributed by atoms with E-state index in [2.05, 4.69) is 10.1 Å². The highest BCUT2D eigenvalue weighted by atomic mass is 35.5. The molecule has 94 valence electrons. The van der Waals surface area contributed by atoms with Crippen LogP contribution in [0.15, 0.2) is 0 Å². The van der Waals surface area contributed by atoms with Crippen molar-refractivity contribution in [1.82, 2.24) is 5.32 Å². The molecule has 0 aromatic rings. The average Bonchev–Trinajstić information content (AvgIpc) is 2.61. The number of rotatable bonds is 4. The van der Waals surface area contributed by atoms with Crippen LogP contribution in [-0.2, 0) is 14.3 Å². The zero-order chi connectivity index (χ0) is 11.3. The molecule has 16 heavy (non-hydrogen) atoms. The van der Waals surface area contributed by atoms with E-state index in [0.29, 0.717) is 6.42 Å². The number of halogens is 1.